The number of urea groups is 1. The highest BCUT2D eigenvalue weighted by Crippen LogP contribution is 2.59. The number of aryl methyl sites for hydroxylation is 2. The second-order valence-corrected chi connectivity index (χ2v) is 9.65. The van der Waals surface area contributed by atoms with Gasteiger partial charge < -0.3 is 15.5 Å². The van der Waals surface area contributed by atoms with Gasteiger partial charge in [-0.2, -0.15) is 0 Å². The van der Waals surface area contributed by atoms with E-state index in [1.807, 2.05) is 61.2 Å². The Labute approximate surface area is 194 Å². The number of nitrogens with one attached hydrogen (secondary N) is 2. The Morgan fingerprint density at radius 2 is 1.85 bits per heavy atom. The van der Waals surface area contributed by atoms with Gasteiger partial charge >= 0.3 is 6.03 Å². The Hall–Kier alpha value is -3.35. The molecule has 1 saturated carbocycles. The van der Waals surface area contributed by atoms with E-state index >= 15 is 0 Å². The molecular weight excluding hydrogens is 416 g/mol. The number of benzene rings is 2. The molecule has 3 fully saturated rings. The van der Waals surface area contributed by atoms with E-state index in [0.717, 1.165) is 41.6 Å². The SMILES string of the molecule is Cc1ccc(C)c(C(=O)N2CCC3(CC2)C[C@H]3C(=O)Nc2cccc(N3CCNC3=O)c2)c1. The van der Waals surface area contributed by atoms with Crippen molar-refractivity contribution in [2.24, 2.45) is 11.3 Å². The number of nitrogens with zero attached hydrogens (tertiary/aromatic N) is 2. The third-order valence-corrected chi connectivity index (χ3v) is 7.46. The molecule has 2 aromatic carbocycles. The smallest absolute Gasteiger partial charge is 0.321 e. The van der Waals surface area contributed by atoms with Gasteiger partial charge in [-0.15, -0.1) is 0 Å². The number of hydrogen-bond acceptors (Lipinski definition) is 3. The molecule has 1 atom stereocenters. The molecule has 3 aliphatic rings. The van der Waals surface area contributed by atoms with Crippen molar-refractivity contribution in [2.75, 3.05) is 36.4 Å². The first kappa shape index (κ1) is 21.5. The minimum absolute atomic E-state index is 0.00889. The van der Waals surface area contributed by atoms with Crippen molar-refractivity contribution in [3.05, 3.63) is 59.2 Å². The lowest BCUT2D eigenvalue weighted by Crippen LogP contribution is -2.40. The van der Waals surface area contributed by atoms with E-state index in [1.54, 1.807) is 4.90 Å². The van der Waals surface area contributed by atoms with Gasteiger partial charge in [0.05, 0.1) is 0 Å². The van der Waals surface area contributed by atoms with E-state index in [4.69, 9.17) is 0 Å². The first-order valence-electron chi connectivity index (χ1n) is 11.7. The maximum Gasteiger partial charge on any atom is 0.321 e. The van der Waals surface area contributed by atoms with E-state index in [9.17, 15) is 14.4 Å². The summed E-state index contributed by atoms with van der Waals surface area (Å²) in [5.74, 6) is 0.108. The second-order valence-electron chi connectivity index (χ2n) is 9.65. The molecule has 2 heterocycles. The lowest BCUT2D eigenvalue weighted by molar-refractivity contribution is -0.118. The molecule has 2 aliphatic heterocycles. The second kappa shape index (κ2) is 8.21. The molecule has 2 saturated heterocycles. The predicted octanol–water partition coefficient (Wildman–Crippen LogP) is 3.71. The summed E-state index contributed by atoms with van der Waals surface area (Å²) in [6.07, 6.45) is 2.59. The van der Waals surface area contributed by atoms with Crippen LogP contribution in [-0.4, -0.2) is 48.9 Å². The average molecular weight is 447 g/mol. The summed E-state index contributed by atoms with van der Waals surface area (Å²) >= 11 is 0. The van der Waals surface area contributed by atoms with E-state index < -0.39 is 0 Å². The van der Waals surface area contributed by atoms with Gasteiger partial charge in [-0.25, -0.2) is 4.79 Å². The lowest BCUT2D eigenvalue weighted by atomic mass is 9.90. The van der Waals surface area contributed by atoms with Crippen LogP contribution in [0, 0.1) is 25.2 Å². The predicted molar refractivity (Wildman–Crippen MR) is 127 cm³/mol. The maximum absolute atomic E-state index is 13.0. The number of amides is 4. The van der Waals surface area contributed by atoms with Gasteiger partial charge in [-0.1, -0.05) is 23.8 Å². The standard InChI is InChI=1S/C26H30N4O3/c1-17-6-7-18(2)21(14-17)24(32)29-11-8-26(9-12-29)16-22(26)23(31)28-19-4-3-5-20(15-19)30-13-10-27-25(30)33/h3-7,14-15,22H,8-13,16H2,1-2H3,(H,27,33)(H,28,31)/t22-/m0/s1. The van der Waals surface area contributed by atoms with Gasteiger partial charge in [-0.3, -0.25) is 14.5 Å². The van der Waals surface area contributed by atoms with E-state index in [-0.39, 0.29) is 29.2 Å². The normalized spacial score (nSPS) is 21.2. The number of carbonyl (C=O) groups is 3. The Morgan fingerprint density at radius 1 is 1.06 bits per heavy atom. The molecule has 4 amide bonds. The van der Waals surface area contributed by atoms with Crippen LogP contribution in [0.5, 0.6) is 0 Å². The molecule has 2 aromatic rings. The minimum Gasteiger partial charge on any atom is -0.339 e. The van der Waals surface area contributed by atoms with Gasteiger partial charge in [0, 0.05) is 49.0 Å². The molecule has 2 N–H and O–H groups in total. The fourth-order valence-electron chi connectivity index (χ4n) is 5.26. The highest BCUT2D eigenvalue weighted by molar-refractivity contribution is 5.98. The zero-order chi connectivity index (χ0) is 23.2. The molecule has 0 bridgehead atoms. The Bertz CT molecular complexity index is 1120. The fraction of sp³-hybridized carbons (Fsp3) is 0.423. The van der Waals surface area contributed by atoms with Crippen LogP contribution in [0.4, 0.5) is 16.2 Å². The van der Waals surface area contributed by atoms with Crippen LogP contribution < -0.4 is 15.5 Å². The van der Waals surface area contributed by atoms with Crippen LogP contribution in [0.2, 0.25) is 0 Å². The monoisotopic (exact) mass is 446 g/mol. The summed E-state index contributed by atoms with van der Waals surface area (Å²) in [6.45, 7) is 6.61. The molecular formula is C26H30N4O3. The van der Waals surface area contributed by atoms with Crippen molar-refractivity contribution in [1.82, 2.24) is 10.2 Å². The van der Waals surface area contributed by atoms with Gasteiger partial charge in [-0.05, 0) is 68.4 Å². The molecule has 0 radical (unpaired) electrons. The molecule has 1 aliphatic carbocycles. The van der Waals surface area contributed by atoms with Crippen LogP contribution in [0.25, 0.3) is 0 Å². The summed E-state index contributed by atoms with van der Waals surface area (Å²) in [4.78, 5) is 41.6. The maximum atomic E-state index is 13.0. The van der Waals surface area contributed by atoms with Gasteiger partial charge in [0.2, 0.25) is 5.91 Å². The number of hydrogen-bond donors (Lipinski definition) is 2. The average Bonchev–Trinajstić information content (AvgIpc) is 3.33. The number of rotatable bonds is 4. The highest BCUT2D eigenvalue weighted by Gasteiger charge is 2.58. The van der Waals surface area contributed by atoms with E-state index in [2.05, 4.69) is 10.6 Å². The van der Waals surface area contributed by atoms with E-state index in [1.165, 1.54) is 0 Å². The molecule has 5 rings (SSSR count). The topological polar surface area (TPSA) is 81.8 Å². The van der Waals surface area contributed by atoms with Crippen LogP contribution in [0.15, 0.2) is 42.5 Å². The van der Waals surface area contributed by atoms with Crippen LogP contribution in [0.3, 0.4) is 0 Å². The lowest BCUT2D eigenvalue weighted by Gasteiger charge is -2.33. The van der Waals surface area contributed by atoms with E-state index in [0.29, 0.717) is 31.9 Å². The van der Waals surface area contributed by atoms with Crippen LogP contribution in [-0.2, 0) is 4.79 Å². The number of anilines is 2. The molecule has 33 heavy (non-hydrogen) atoms. The van der Waals surface area contributed by atoms with Gasteiger partial charge in [0.25, 0.3) is 5.91 Å². The largest absolute Gasteiger partial charge is 0.339 e. The Balaban J connectivity index is 1.19. The van der Waals surface area contributed by atoms with Crippen molar-refractivity contribution in [3.63, 3.8) is 0 Å². The minimum atomic E-state index is -0.109. The number of likely N-dealkylation sites (tertiary alicyclic amines) is 1. The van der Waals surface area contributed by atoms with Gasteiger partial charge in [0.15, 0.2) is 0 Å². The molecule has 0 aromatic heterocycles. The molecule has 7 nitrogen and oxygen atoms in total. The van der Waals surface area contributed by atoms with Crippen LogP contribution in [0.1, 0.15) is 40.7 Å². The van der Waals surface area contributed by atoms with Crippen molar-refractivity contribution >= 4 is 29.2 Å². The summed E-state index contributed by atoms with van der Waals surface area (Å²) < 4.78 is 0. The van der Waals surface area contributed by atoms with Gasteiger partial charge in [0.1, 0.15) is 0 Å². The van der Waals surface area contributed by atoms with Crippen LogP contribution >= 0.6 is 0 Å². The summed E-state index contributed by atoms with van der Waals surface area (Å²) in [6, 6.07) is 13.3. The third kappa shape index (κ3) is 4.08. The highest BCUT2D eigenvalue weighted by atomic mass is 16.2. The molecule has 172 valence electrons. The van der Waals surface area contributed by atoms with Crippen molar-refractivity contribution in [2.45, 2.75) is 33.1 Å². The fourth-order valence-corrected chi connectivity index (χ4v) is 5.26. The Kier molecular flexibility index (Phi) is 5.35. The van der Waals surface area contributed by atoms with Crippen molar-refractivity contribution in [3.8, 4) is 0 Å². The zero-order valence-electron chi connectivity index (χ0n) is 19.2. The van der Waals surface area contributed by atoms with Crippen molar-refractivity contribution < 1.29 is 14.4 Å². The molecule has 0 unspecified atom stereocenters. The first-order valence-corrected chi connectivity index (χ1v) is 11.7. The summed E-state index contributed by atoms with van der Waals surface area (Å²) in [5.41, 5.74) is 4.37. The number of piperidine rings is 1. The third-order valence-electron chi connectivity index (χ3n) is 7.46. The molecule has 1 spiro atoms. The quantitative estimate of drug-likeness (QED) is 0.751. The Morgan fingerprint density at radius 3 is 2.58 bits per heavy atom. The summed E-state index contributed by atoms with van der Waals surface area (Å²) in [5, 5.41) is 5.84. The molecule has 7 heteroatoms. The number of carbonyl (C=O) groups excluding carboxylic acids is 3. The summed E-state index contributed by atoms with van der Waals surface area (Å²) in [7, 11) is 0. The zero-order valence-corrected chi connectivity index (χ0v) is 19.2. The van der Waals surface area contributed by atoms with Crippen molar-refractivity contribution in [1.29, 1.82) is 0 Å². The first-order chi connectivity index (χ1) is 15.9.